The highest BCUT2D eigenvalue weighted by molar-refractivity contribution is 6.39. The number of aromatic carboxylic acids is 1. The number of hydrogen-bond acceptors (Lipinski definition) is 6. The first-order valence-electron chi connectivity index (χ1n) is 10.5. The second-order valence-corrected chi connectivity index (χ2v) is 7.48. The summed E-state index contributed by atoms with van der Waals surface area (Å²) >= 11 is 0. The van der Waals surface area contributed by atoms with Crippen LogP contribution < -0.4 is 19.7 Å². The van der Waals surface area contributed by atoms with E-state index in [9.17, 15) is 19.2 Å². The number of rotatable bonds is 7. The molecule has 0 saturated carbocycles. The van der Waals surface area contributed by atoms with E-state index in [1.165, 1.54) is 37.5 Å². The summed E-state index contributed by atoms with van der Waals surface area (Å²) in [5.41, 5.74) is 1.40. The van der Waals surface area contributed by atoms with Crippen LogP contribution in [0.1, 0.15) is 21.5 Å². The molecule has 0 bridgehead atoms. The molecule has 35 heavy (non-hydrogen) atoms. The first-order chi connectivity index (χ1) is 16.9. The SMILES string of the molecule is COc1ccc(N2C(=O)NC(=O)/C(=C\c3ccccc3OCc3ccc(C(=O)O)cc3)C2=O)cc1. The molecule has 1 aliphatic heterocycles. The summed E-state index contributed by atoms with van der Waals surface area (Å²) in [6.45, 7) is 0.136. The largest absolute Gasteiger partial charge is 0.497 e. The van der Waals surface area contributed by atoms with Crippen LogP contribution in [0, 0.1) is 0 Å². The Hall–Kier alpha value is -4.92. The lowest BCUT2D eigenvalue weighted by atomic mass is 10.1. The minimum atomic E-state index is -1.02. The summed E-state index contributed by atoms with van der Waals surface area (Å²) in [7, 11) is 1.50. The Morgan fingerprint density at radius 1 is 0.971 bits per heavy atom. The van der Waals surface area contributed by atoms with Crippen LogP contribution in [-0.4, -0.2) is 36.0 Å². The molecular weight excluding hydrogens is 452 g/mol. The molecule has 1 fully saturated rings. The smallest absolute Gasteiger partial charge is 0.335 e. The summed E-state index contributed by atoms with van der Waals surface area (Å²) in [5, 5.41) is 11.2. The quantitative estimate of drug-likeness (QED) is 0.398. The molecular formula is C26H20N2O7. The molecule has 0 radical (unpaired) electrons. The predicted octanol–water partition coefficient (Wildman–Crippen LogP) is 3.64. The van der Waals surface area contributed by atoms with Crippen LogP contribution >= 0.6 is 0 Å². The van der Waals surface area contributed by atoms with Crippen molar-refractivity contribution in [1.29, 1.82) is 0 Å². The molecule has 4 amide bonds. The monoisotopic (exact) mass is 472 g/mol. The topological polar surface area (TPSA) is 122 Å². The first-order valence-corrected chi connectivity index (χ1v) is 10.5. The van der Waals surface area contributed by atoms with Gasteiger partial charge in [-0.2, -0.15) is 0 Å². The molecule has 2 N–H and O–H groups in total. The Morgan fingerprint density at radius 3 is 2.31 bits per heavy atom. The average Bonchev–Trinajstić information content (AvgIpc) is 2.86. The number of urea groups is 1. The number of carbonyl (C=O) groups excluding carboxylic acids is 3. The van der Waals surface area contributed by atoms with Crippen LogP contribution in [0.25, 0.3) is 6.08 Å². The van der Waals surface area contributed by atoms with Crippen molar-refractivity contribution in [3.63, 3.8) is 0 Å². The second kappa shape index (κ2) is 9.92. The fourth-order valence-electron chi connectivity index (χ4n) is 3.41. The zero-order valence-electron chi connectivity index (χ0n) is 18.6. The molecule has 9 heteroatoms. The number of anilines is 1. The zero-order valence-corrected chi connectivity index (χ0v) is 18.6. The molecule has 0 aromatic heterocycles. The van der Waals surface area contributed by atoms with Gasteiger partial charge >= 0.3 is 12.0 Å². The van der Waals surface area contributed by atoms with Crippen molar-refractivity contribution in [1.82, 2.24) is 5.32 Å². The van der Waals surface area contributed by atoms with Crippen molar-refractivity contribution in [2.24, 2.45) is 0 Å². The number of benzene rings is 3. The van der Waals surface area contributed by atoms with Gasteiger partial charge in [0.2, 0.25) is 0 Å². The molecule has 1 heterocycles. The van der Waals surface area contributed by atoms with Gasteiger partial charge in [0.25, 0.3) is 11.8 Å². The molecule has 0 spiro atoms. The van der Waals surface area contributed by atoms with E-state index in [0.717, 1.165) is 10.5 Å². The van der Waals surface area contributed by atoms with Gasteiger partial charge in [-0.05, 0) is 54.1 Å². The summed E-state index contributed by atoms with van der Waals surface area (Å²) in [5.74, 6) is -1.66. The summed E-state index contributed by atoms with van der Waals surface area (Å²) in [6, 6.07) is 18.5. The van der Waals surface area contributed by atoms with Gasteiger partial charge in [0.15, 0.2) is 0 Å². The first kappa shape index (κ1) is 23.2. The number of carbonyl (C=O) groups is 4. The highest BCUT2D eigenvalue weighted by Gasteiger charge is 2.37. The summed E-state index contributed by atoms with van der Waals surface area (Å²) in [6.07, 6.45) is 1.36. The van der Waals surface area contributed by atoms with Crippen molar-refractivity contribution in [2.45, 2.75) is 6.61 Å². The van der Waals surface area contributed by atoms with E-state index < -0.39 is 23.8 Å². The number of para-hydroxylation sites is 1. The normalized spacial score (nSPS) is 14.6. The number of carboxylic acid groups (broad SMARTS) is 1. The number of barbiturate groups is 1. The van der Waals surface area contributed by atoms with Gasteiger partial charge in [0.05, 0.1) is 18.4 Å². The highest BCUT2D eigenvalue weighted by atomic mass is 16.5. The van der Waals surface area contributed by atoms with E-state index in [1.807, 2.05) is 0 Å². The molecule has 0 atom stereocenters. The van der Waals surface area contributed by atoms with E-state index in [4.69, 9.17) is 14.6 Å². The third-order valence-electron chi connectivity index (χ3n) is 5.25. The minimum Gasteiger partial charge on any atom is -0.497 e. The maximum absolute atomic E-state index is 13.1. The van der Waals surface area contributed by atoms with Crippen LogP contribution in [0.2, 0.25) is 0 Å². The number of ether oxygens (including phenoxy) is 2. The van der Waals surface area contributed by atoms with Crippen LogP contribution in [0.15, 0.2) is 78.4 Å². The van der Waals surface area contributed by atoms with Gasteiger partial charge in [-0.25, -0.2) is 14.5 Å². The van der Waals surface area contributed by atoms with E-state index >= 15 is 0 Å². The number of nitrogens with one attached hydrogen (secondary N) is 1. The van der Waals surface area contributed by atoms with E-state index in [-0.39, 0.29) is 23.4 Å². The Labute approximate surface area is 200 Å². The van der Waals surface area contributed by atoms with Gasteiger partial charge in [-0.1, -0.05) is 30.3 Å². The van der Waals surface area contributed by atoms with E-state index in [0.29, 0.717) is 17.1 Å². The lowest BCUT2D eigenvalue weighted by molar-refractivity contribution is -0.122. The average molecular weight is 472 g/mol. The third kappa shape index (κ3) is 5.03. The van der Waals surface area contributed by atoms with Gasteiger partial charge in [0, 0.05) is 5.56 Å². The second-order valence-electron chi connectivity index (χ2n) is 7.48. The number of amides is 4. The molecule has 3 aromatic carbocycles. The van der Waals surface area contributed by atoms with Crippen LogP contribution in [0.4, 0.5) is 10.5 Å². The molecule has 1 saturated heterocycles. The number of nitrogens with zero attached hydrogens (tertiary/aromatic N) is 1. The molecule has 9 nitrogen and oxygen atoms in total. The minimum absolute atomic E-state index is 0.136. The van der Waals surface area contributed by atoms with Gasteiger partial charge in [-0.15, -0.1) is 0 Å². The summed E-state index contributed by atoms with van der Waals surface area (Å²) < 4.78 is 11.0. The lowest BCUT2D eigenvalue weighted by Gasteiger charge is -2.26. The molecule has 0 aliphatic carbocycles. The number of hydrogen-bond donors (Lipinski definition) is 2. The van der Waals surface area contributed by atoms with Crippen LogP contribution in [0.3, 0.4) is 0 Å². The predicted molar refractivity (Wildman–Crippen MR) is 126 cm³/mol. The Morgan fingerprint density at radius 2 is 1.66 bits per heavy atom. The standard InChI is InChI=1S/C26H20N2O7/c1-34-20-12-10-19(11-13-20)28-24(30)21(23(29)27-26(28)33)14-18-4-2-3-5-22(18)35-15-16-6-8-17(9-7-16)25(31)32/h2-14H,15H2,1H3,(H,31,32)(H,27,29,33)/b21-14+. The highest BCUT2D eigenvalue weighted by Crippen LogP contribution is 2.27. The zero-order chi connectivity index (χ0) is 24.9. The van der Waals surface area contributed by atoms with Crippen molar-refractivity contribution < 1.29 is 33.8 Å². The van der Waals surface area contributed by atoms with E-state index in [2.05, 4.69) is 5.32 Å². The Bertz CT molecular complexity index is 1330. The van der Waals surface area contributed by atoms with E-state index in [1.54, 1.807) is 48.5 Å². The van der Waals surface area contributed by atoms with Crippen LogP contribution in [0.5, 0.6) is 11.5 Å². The van der Waals surface area contributed by atoms with Gasteiger partial charge in [0.1, 0.15) is 23.7 Å². The van der Waals surface area contributed by atoms with Crippen molar-refractivity contribution in [2.75, 3.05) is 12.0 Å². The molecule has 176 valence electrons. The number of imide groups is 2. The van der Waals surface area contributed by atoms with Crippen molar-refractivity contribution >= 4 is 35.6 Å². The Kier molecular flexibility index (Phi) is 6.59. The molecule has 1 aliphatic rings. The molecule has 0 unspecified atom stereocenters. The van der Waals surface area contributed by atoms with Crippen LogP contribution in [-0.2, 0) is 16.2 Å². The molecule has 3 aromatic rings. The fourth-order valence-corrected chi connectivity index (χ4v) is 3.41. The third-order valence-corrected chi connectivity index (χ3v) is 5.25. The maximum Gasteiger partial charge on any atom is 0.335 e. The maximum atomic E-state index is 13.1. The Balaban J connectivity index is 1.59. The van der Waals surface area contributed by atoms with Gasteiger partial charge < -0.3 is 14.6 Å². The molecule has 4 rings (SSSR count). The summed E-state index contributed by atoms with van der Waals surface area (Å²) in [4.78, 5) is 50.0. The van der Waals surface area contributed by atoms with Crippen molar-refractivity contribution in [3.8, 4) is 11.5 Å². The number of carboxylic acids is 1. The lowest BCUT2D eigenvalue weighted by Crippen LogP contribution is -2.54. The fraction of sp³-hybridized carbons (Fsp3) is 0.0769. The van der Waals surface area contributed by atoms with Crippen molar-refractivity contribution in [3.05, 3.63) is 95.1 Å². The number of methoxy groups -OCH3 is 1. The van der Waals surface area contributed by atoms with Gasteiger partial charge in [-0.3, -0.25) is 14.9 Å².